The average Bonchev–Trinajstić information content (AvgIpc) is 3.08. The predicted octanol–water partition coefficient (Wildman–Crippen LogP) is 3.35. The summed E-state index contributed by atoms with van der Waals surface area (Å²) in [7, 11) is 0. The number of hydrogen-bond donors (Lipinski definition) is 2. The van der Waals surface area contributed by atoms with Crippen LogP contribution in [0, 0.1) is 0 Å². The quantitative estimate of drug-likeness (QED) is 0.727. The molecule has 0 saturated heterocycles. The number of hydroxylamine groups is 1. The van der Waals surface area contributed by atoms with E-state index in [1.807, 2.05) is 42.5 Å². The van der Waals surface area contributed by atoms with Gasteiger partial charge in [-0.25, -0.2) is 0 Å². The van der Waals surface area contributed by atoms with Crippen molar-refractivity contribution in [1.82, 2.24) is 5.48 Å². The number of fused-ring (bicyclic) bond motifs is 3. The summed E-state index contributed by atoms with van der Waals surface area (Å²) in [6, 6.07) is 20.3. The van der Waals surface area contributed by atoms with Crippen LogP contribution in [0.25, 0.3) is 10.8 Å². The molecule has 0 aromatic heterocycles. The van der Waals surface area contributed by atoms with E-state index in [1.165, 1.54) is 16.3 Å². The molecule has 1 unspecified atom stereocenters. The molecule has 2 heteroatoms. The van der Waals surface area contributed by atoms with Crippen molar-refractivity contribution in [3.05, 3.63) is 71.8 Å². The number of hydrogen-bond acceptors (Lipinski definition) is 2. The Morgan fingerprint density at radius 2 is 1.47 bits per heavy atom. The fourth-order valence-electron chi connectivity index (χ4n) is 2.20. The predicted molar refractivity (Wildman–Crippen MR) is 68.3 cm³/mol. The van der Waals surface area contributed by atoms with E-state index in [9.17, 15) is 0 Å². The molecule has 2 aromatic rings. The van der Waals surface area contributed by atoms with Gasteiger partial charge in [0, 0.05) is 0 Å². The van der Waals surface area contributed by atoms with Gasteiger partial charge >= 0.3 is 0 Å². The third kappa shape index (κ3) is 1.78. The van der Waals surface area contributed by atoms with Crippen molar-refractivity contribution < 1.29 is 5.21 Å². The molecule has 1 aliphatic rings. The van der Waals surface area contributed by atoms with Crippen molar-refractivity contribution in [2.45, 2.75) is 6.04 Å². The summed E-state index contributed by atoms with van der Waals surface area (Å²) in [5.74, 6) is 0. The molecule has 0 heterocycles. The van der Waals surface area contributed by atoms with Crippen LogP contribution in [0.15, 0.2) is 60.7 Å². The fraction of sp³-hybridized carbons (Fsp3) is 0.0667. The van der Waals surface area contributed by atoms with Crippen LogP contribution >= 0.6 is 0 Å². The first-order valence-corrected chi connectivity index (χ1v) is 5.66. The van der Waals surface area contributed by atoms with Gasteiger partial charge in [-0.05, 0) is 21.9 Å². The second-order valence-electron chi connectivity index (χ2n) is 4.12. The summed E-state index contributed by atoms with van der Waals surface area (Å²) in [4.78, 5) is 0. The average molecular weight is 223 g/mol. The highest BCUT2D eigenvalue weighted by Gasteiger charge is 2.32. The molecule has 2 N–H and O–H groups in total. The van der Waals surface area contributed by atoms with Crippen molar-refractivity contribution >= 4 is 10.8 Å². The van der Waals surface area contributed by atoms with E-state index in [4.69, 9.17) is 5.21 Å². The zero-order valence-electron chi connectivity index (χ0n) is 9.30. The highest BCUT2D eigenvalue weighted by molar-refractivity contribution is 5.89. The van der Waals surface area contributed by atoms with E-state index in [1.54, 1.807) is 0 Å². The monoisotopic (exact) mass is 223 g/mol. The molecule has 0 fully saturated rings. The minimum atomic E-state index is -0.0210. The summed E-state index contributed by atoms with van der Waals surface area (Å²) >= 11 is 0. The molecular weight excluding hydrogens is 210 g/mol. The molecule has 84 valence electrons. The second kappa shape index (κ2) is 4.17. The molecule has 0 radical (unpaired) electrons. The largest absolute Gasteiger partial charge is 0.316 e. The molecule has 17 heavy (non-hydrogen) atoms. The van der Waals surface area contributed by atoms with Gasteiger partial charge in [-0.1, -0.05) is 60.7 Å². The van der Waals surface area contributed by atoms with Gasteiger partial charge in [0.05, 0.1) is 6.04 Å². The van der Waals surface area contributed by atoms with Gasteiger partial charge in [0.25, 0.3) is 0 Å². The minimum absolute atomic E-state index is 0.0210. The third-order valence-electron chi connectivity index (χ3n) is 3.09. The lowest BCUT2D eigenvalue weighted by molar-refractivity contribution is 0.156. The summed E-state index contributed by atoms with van der Waals surface area (Å²) in [5, 5.41) is 11.5. The van der Waals surface area contributed by atoms with Crippen LogP contribution in [0.2, 0.25) is 0 Å². The molecule has 1 aliphatic carbocycles. The second-order valence-corrected chi connectivity index (χ2v) is 4.12. The third-order valence-corrected chi connectivity index (χ3v) is 3.09. The van der Waals surface area contributed by atoms with E-state index in [2.05, 4.69) is 23.7 Å². The Labute approximate surface area is 99.8 Å². The Bertz CT molecular complexity index is 620. The van der Waals surface area contributed by atoms with Gasteiger partial charge in [0.15, 0.2) is 0 Å². The number of benzene rings is 1. The van der Waals surface area contributed by atoms with E-state index < -0.39 is 0 Å². The van der Waals surface area contributed by atoms with Gasteiger partial charge in [-0.15, -0.1) is 0 Å². The Balaban J connectivity index is 2.36. The molecule has 1 atom stereocenters. The Kier molecular flexibility index (Phi) is 2.52. The molecule has 0 bridgehead atoms. The molecule has 0 spiro atoms. The highest BCUT2D eigenvalue weighted by atomic mass is 16.5. The van der Waals surface area contributed by atoms with Crippen molar-refractivity contribution in [1.29, 1.82) is 0 Å². The maximum atomic E-state index is 9.13. The van der Waals surface area contributed by atoms with Crippen molar-refractivity contribution in [3.8, 4) is 0 Å². The molecule has 3 rings (SSSR count). The van der Waals surface area contributed by atoms with Crippen LogP contribution in [0.5, 0.6) is 0 Å². The molecule has 2 nitrogen and oxygen atoms in total. The van der Waals surface area contributed by atoms with Crippen molar-refractivity contribution in [2.75, 3.05) is 0 Å². The summed E-state index contributed by atoms with van der Waals surface area (Å²) in [6.07, 6.45) is 0. The number of nitrogens with one attached hydrogen (secondary N) is 1. The first kappa shape index (κ1) is 10.3. The summed E-state index contributed by atoms with van der Waals surface area (Å²) in [6.45, 7) is 0. The summed E-state index contributed by atoms with van der Waals surface area (Å²) < 4.78 is 0. The highest BCUT2D eigenvalue weighted by Crippen LogP contribution is 2.43. The maximum Gasteiger partial charge on any atom is 0.0832 e. The van der Waals surface area contributed by atoms with Gasteiger partial charge in [0.2, 0.25) is 0 Å². The van der Waals surface area contributed by atoms with Crippen LogP contribution in [0.3, 0.4) is 0 Å². The Morgan fingerprint density at radius 1 is 0.824 bits per heavy atom. The Hall–Kier alpha value is -1.90. The van der Waals surface area contributed by atoms with Crippen LogP contribution in [0.4, 0.5) is 0 Å². The Morgan fingerprint density at radius 3 is 2.24 bits per heavy atom. The minimum Gasteiger partial charge on any atom is -0.316 e. The van der Waals surface area contributed by atoms with Gasteiger partial charge < -0.3 is 5.21 Å². The van der Waals surface area contributed by atoms with E-state index >= 15 is 0 Å². The fourth-order valence-corrected chi connectivity index (χ4v) is 2.20. The van der Waals surface area contributed by atoms with Crippen molar-refractivity contribution in [3.63, 3.8) is 0 Å². The lowest BCUT2D eigenvalue weighted by Gasteiger charge is -1.93. The van der Waals surface area contributed by atoms with Gasteiger partial charge in [0.1, 0.15) is 0 Å². The molecule has 0 amide bonds. The number of rotatable bonds is 1. The van der Waals surface area contributed by atoms with Crippen LogP contribution in [-0.2, 0) is 0 Å². The summed E-state index contributed by atoms with van der Waals surface area (Å²) in [5.41, 5.74) is 4.68. The lowest BCUT2D eigenvalue weighted by Crippen LogP contribution is -2.02. The normalized spacial score (nSPS) is 16.2. The molecular formula is C15H13NO. The lowest BCUT2D eigenvalue weighted by atomic mass is 10.1. The zero-order valence-corrected chi connectivity index (χ0v) is 9.30. The van der Waals surface area contributed by atoms with Crippen LogP contribution in [-0.4, -0.2) is 5.21 Å². The van der Waals surface area contributed by atoms with E-state index in [-0.39, 0.29) is 6.04 Å². The smallest absolute Gasteiger partial charge is 0.0832 e. The standard InChI is InChI=1S/C15H13NO/c17-16-15-13-10-4-2-1-3-7-11-8-5-6-9-12(11)14(13)15/h1-10,15-17H. The molecule has 2 aromatic carbocycles. The van der Waals surface area contributed by atoms with E-state index in [0.717, 1.165) is 5.56 Å². The van der Waals surface area contributed by atoms with Gasteiger partial charge in [-0.3, -0.25) is 0 Å². The molecule has 0 saturated carbocycles. The van der Waals surface area contributed by atoms with Crippen LogP contribution < -0.4 is 5.48 Å². The first-order chi connectivity index (χ1) is 8.42. The topological polar surface area (TPSA) is 32.3 Å². The van der Waals surface area contributed by atoms with E-state index in [0.29, 0.717) is 0 Å². The van der Waals surface area contributed by atoms with Crippen molar-refractivity contribution in [2.24, 2.45) is 0 Å². The zero-order chi connectivity index (χ0) is 11.7. The maximum absolute atomic E-state index is 9.13. The molecule has 0 aliphatic heterocycles. The SMILES string of the molecule is ONC1c2ccccccc3ccccc3c21. The van der Waals surface area contributed by atoms with Crippen LogP contribution in [0.1, 0.15) is 17.2 Å². The first-order valence-electron chi connectivity index (χ1n) is 5.66. The van der Waals surface area contributed by atoms with Gasteiger partial charge in [-0.2, -0.15) is 5.48 Å².